The Kier molecular flexibility index (Phi) is 10.3. The molecule has 0 atom stereocenters. The second kappa shape index (κ2) is 13.2. The predicted molar refractivity (Wildman–Crippen MR) is 154 cm³/mol. The average molecular weight is 581 g/mol. The molecule has 3 aromatic carbocycles. The summed E-state index contributed by atoms with van der Waals surface area (Å²) in [5, 5.41) is 3.28. The minimum absolute atomic E-state index is 0. The molecule has 3 aromatic rings. The van der Waals surface area contributed by atoms with Gasteiger partial charge in [-0.05, 0) is 61.0 Å². The first-order valence-electron chi connectivity index (χ1n) is 12.2. The third-order valence-corrected chi connectivity index (χ3v) is 8.69. The first kappa shape index (κ1) is 29.6. The number of unbranched alkanes of at least 4 members (excludes halogenated alkanes) is 1. The first-order chi connectivity index (χ1) is 17.8. The third-order valence-electron chi connectivity index (χ3n) is 5.93. The highest BCUT2D eigenvalue weighted by Crippen LogP contribution is 2.32. The normalized spacial score (nSPS) is 13.9. The number of hydrogen-bond acceptors (Lipinski definition) is 7. The van der Waals surface area contributed by atoms with Gasteiger partial charge in [0.2, 0.25) is 0 Å². The Morgan fingerprint density at radius 3 is 2.05 bits per heavy atom. The molecular formula is C26H33ClN4O5S2. The quantitative estimate of drug-likeness (QED) is 0.290. The SMILES string of the molecule is CCCCOc1ccc(S(=O)(=O)Nc2ccc(N3CCNCC3)cc2NS(=O)(=O)c2ccccc2)cc1.Cl. The fourth-order valence-electron chi connectivity index (χ4n) is 3.88. The Bertz CT molecular complexity index is 1400. The van der Waals surface area contributed by atoms with Crippen molar-refractivity contribution in [3.63, 3.8) is 0 Å². The molecule has 0 unspecified atom stereocenters. The van der Waals surface area contributed by atoms with Crippen LogP contribution in [0, 0.1) is 0 Å². The summed E-state index contributed by atoms with van der Waals surface area (Å²) in [6, 6.07) is 19.1. The molecule has 12 heteroatoms. The Balaban J connectivity index is 0.00000400. The number of piperazine rings is 1. The van der Waals surface area contributed by atoms with Gasteiger partial charge in [0.25, 0.3) is 20.0 Å². The van der Waals surface area contributed by atoms with Gasteiger partial charge in [-0.15, -0.1) is 12.4 Å². The van der Waals surface area contributed by atoms with Gasteiger partial charge in [-0.3, -0.25) is 9.44 Å². The molecule has 0 amide bonds. The molecule has 0 aromatic heterocycles. The van der Waals surface area contributed by atoms with E-state index in [2.05, 4.69) is 26.6 Å². The summed E-state index contributed by atoms with van der Waals surface area (Å²) in [5.74, 6) is 0.587. The lowest BCUT2D eigenvalue weighted by Gasteiger charge is -2.30. The summed E-state index contributed by atoms with van der Waals surface area (Å²) in [7, 11) is -7.95. The van der Waals surface area contributed by atoms with Crippen molar-refractivity contribution >= 4 is 49.5 Å². The van der Waals surface area contributed by atoms with Crippen molar-refractivity contribution in [1.29, 1.82) is 0 Å². The zero-order chi connectivity index (χ0) is 26.3. The highest BCUT2D eigenvalue weighted by molar-refractivity contribution is 7.93. The molecule has 1 aliphatic heterocycles. The molecule has 9 nitrogen and oxygen atoms in total. The lowest BCUT2D eigenvalue weighted by atomic mass is 10.2. The number of halogens is 1. The molecule has 0 bridgehead atoms. The van der Waals surface area contributed by atoms with Crippen LogP contribution < -0.4 is 24.4 Å². The Hall–Kier alpha value is -2.99. The number of hydrogen-bond donors (Lipinski definition) is 3. The summed E-state index contributed by atoms with van der Waals surface area (Å²) in [6.07, 6.45) is 1.91. The van der Waals surface area contributed by atoms with Crippen LogP contribution in [0.3, 0.4) is 0 Å². The van der Waals surface area contributed by atoms with Gasteiger partial charge in [0, 0.05) is 31.9 Å². The zero-order valence-electron chi connectivity index (χ0n) is 21.1. The molecule has 0 spiro atoms. The first-order valence-corrected chi connectivity index (χ1v) is 15.2. The molecule has 0 saturated carbocycles. The molecule has 0 aliphatic carbocycles. The van der Waals surface area contributed by atoms with Crippen LogP contribution in [0.5, 0.6) is 5.75 Å². The molecule has 1 saturated heterocycles. The van der Waals surface area contributed by atoms with Crippen LogP contribution >= 0.6 is 12.4 Å². The van der Waals surface area contributed by atoms with Gasteiger partial charge in [0.1, 0.15) is 5.75 Å². The summed E-state index contributed by atoms with van der Waals surface area (Å²) in [4.78, 5) is 2.24. The fraction of sp³-hybridized carbons (Fsp3) is 0.308. The number of rotatable bonds is 11. The monoisotopic (exact) mass is 580 g/mol. The van der Waals surface area contributed by atoms with Crippen LogP contribution in [0.2, 0.25) is 0 Å². The van der Waals surface area contributed by atoms with Gasteiger partial charge < -0.3 is 15.0 Å². The van der Waals surface area contributed by atoms with E-state index in [0.717, 1.165) is 44.7 Å². The van der Waals surface area contributed by atoms with E-state index in [9.17, 15) is 16.8 Å². The average Bonchev–Trinajstić information content (AvgIpc) is 2.91. The van der Waals surface area contributed by atoms with Gasteiger partial charge in [-0.2, -0.15) is 0 Å². The zero-order valence-corrected chi connectivity index (χ0v) is 23.5. The van der Waals surface area contributed by atoms with Crippen LogP contribution in [0.25, 0.3) is 0 Å². The summed E-state index contributed by atoms with van der Waals surface area (Å²) < 4.78 is 63.3. The minimum atomic E-state index is -4.00. The van der Waals surface area contributed by atoms with E-state index in [1.54, 1.807) is 48.5 Å². The highest BCUT2D eigenvalue weighted by atomic mass is 35.5. The molecule has 4 rings (SSSR count). The predicted octanol–water partition coefficient (Wildman–Crippen LogP) is 4.30. The number of benzene rings is 3. The molecule has 1 fully saturated rings. The number of nitrogens with zero attached hydrogens (tertiary/aromatic N) is 1. The summed E-state index contributed by atoms with van der Waals surface area (Å²) in [5.41, 5.74) is 1.06. The summed E-state index contributed by atoms with van der Waals surface area (Å²) >= 11 is 0. The van der Waals surface area contributed by atoms with E-state index < -0.39 is 20.0 Å². The van der Waals surface area contributed by atoms with E-state index >= 15 is 0 Å². The van der Waals surface area contributed by atoms with E-state index in [1.165, 1.54) is 24.3 Å². The molecule has 38 heavy (non-hydrogen) atoms. The Morgan fingerprint density at radius 1 is 0.816 bits per heavy atom. The topological polar surface area (TPSA) is 117 Å². The van der Waals surface area contributed by atoms with Crippen molar-refractivity contribution in [2.75, 3.05) is 47.1 Å². The van der Waals surface area contributed by atoms with Crippen LogP contribution in [-0.2, 0) is 20.0 Å². The van der Waals surface area contributed by atoms with Gasteiger partial charge in [-0.1, -0.05) is 31.5 Å². The molecule has 1 aliphatic rings. The summed E-state index contributed by atoms with van der Waals surface area (Å²) in [6.45, 7) is 5.74. The van der Waals surface area contributed by atoms with E-state index in [4.69, 9.17) is 4.74 Å². The van der Waals surface area contributed by atoms with Gasteiger partial charge in [0.15, 0.2) is 0 Å². The number of anilines is 3. The van der Waals surface area contributed by atoms with Crippen LogP contribution in [0.1, 0.15) is 19.8 Å². The van der Waals surface area contributed by atoms with E-state index in [-0.39, 0.29) is 33.6 Å². The van der Waals surface area contributed by atoms with Crippen LogP contribution in [-0.4, -0.2) is 49.6 Å². The number of ether oxygens (including phenoxy) is 1. The van der Waals surface area contributed by atoms with Crippen molar-refractivity contribution in [3.8, 4) is 5.75 Å². The van der Waals surface area contributed by atoms with E-state index in [0.29, 0.717) is 12.4 Å². The smallest absolute Gasteiger partial charge is 0.261 e. The lowest BCUT2D eigenvalue weighted by Crippen LogP contribution is -2.43. The van der Waals surface area contributed by atoms with Crippen molar-refractivity contribution < 1.29 is 21.6 Å². The maximum Gasteiger partial charge on any atom is 0.261 e. The van der Waals surface area contributed by atoms with Crippen molar-refractivity contribution in [1.82, 2.24) is 5.32 Å². The molecule has 206 valence electrons. The van der Waals surface area contributed by atoms with Gasteiger partial charge in [-0.25, -0.2) is 16.8 Å². The number of nitrogens with one attached hydrogen (secondary N) is 3. The Labute approximate surface area is 231 Å². The molecule has 0 radical (unpaired) electrons. The second-order valence-corrected chi connectivity index (χ2v) is 12.0. The van der Waals surface area contributed by atoms with Gasteiger partial charge >= 0.3 is 0 Å². The molecule has 3 N–H and O–H groups in total. The highest BCUT2D eigenvalue weighted by Gasteiger charge is 2.22. The van der Waals surface area contributed by atoms with Crippen molar-refractivity contribution in [2.24, 2.45) is 0 Å². The Morgan fingerprint density at radius 2 is 1.42 bits per heavy atom. The maximum atomic E-state index is 13.2. The third kappa shape index (κ3) is 7.53. The van der Waals surface area contributed by atoms with Crippen molar-refractivity contribution in [2.45, 2.75) is 29.6 Å². The fourth-order valence-corrected chi connectivity index (χ4v) is 6.05. The van der Waals surface area contributed by atoms with Crippen LogP contribution in [0.15, 0.2) is 82.6 Å². The standard InChI is InChI=1S/C26H32N4O5S2.ClH/c1-2-3-19-35-22-10-12-24(13-11-22)37(33,34)28-25-14-9-21(30-17-15-27-16-18-30)20-26(25)29-36(31,32)23-7-5-4-6-8-23;/h4-14,20,27-29H,2-3,15-19H2,1H3;1H. The number of sulfonamides is 2. The largest absolute Gasteiger partial charge is 0.494 e. The molecule has 1 heterocycles. The van der Waals surface area contributed by atoms with E-state index in [1.807, 2.05) is 0 Å². The second-order valence-electron chi connectivity index (χ2n) is 8.66. The van der Waals surface area contributed by atoms with Gasteiger partial charge in [0.05, 0.1) is 27.8 Å². The lowest BCUT2D eigenvalue weighted by molar-refractivity contribution is 0.309. The molecular weight excluding hydrogens is 548 g/mol. The van der Waals surface area contributed by atoms with Crippen molar-refractivity contribution in [3.05, 3.63) is 72.8 Å². The minimum Gasteiger partial charge on any atom is -0.494 e. The maximum absolute atomic E-state index is 13.2. The van der Waals surface area contributed by atoms with Crippen LogP contribution in [0.4, 0.5) is 17.1 Å².